The molecule has 16 heavy (non-hydrogen) atoms. The normalized spacial score (nSPS) is 12.5. The smallest absolute Gasteiger partial charge is 0.125 e. The molecule has 1 N–H and O–H groups in total. The first-order chi connectivity index (χ1) is 7.65. The highest BCUT2D eigenvalue weighted by Gasteiger charge is 2.08. The van der Waals surface area contributed by atoms with Crippen LogP contribution in [0.25, 0.3) is 0 Å². The van der Waals surface area contributed by atoms with Crippen molar-refractivity contribution in [3.05, 3.63) is 29.3 Å². The molecule has 0 amide bonds. The van der Waals surface area contributed by atoms with Gasteiger partial charge in [0.25, 0.3) is 0 Å². The van der Waals surface area contributed by atoms with E-state index in [0.717, 1.165) is 16.9 Å². The van der Waals surface area contributed by atoms with Crippen molar-refractivity contribution in [1.29, 1.82) is 0 Å². The van der Waals surface area contributed by atoms with E-state index in [0.29, 0.717) is 19.8 Å². The Morgan fingerprint density at radius 3 is 2.69 bits per heavy atom. The highest BCUT2D eigenvalue weighted by atomic mass is 16.5. The van der Waals surface area contributed by atoms with E-state index in [1.807, 2.05) is 32.0 Å². The molecule has 1 unspecified atom stereocenters. The molecule has 3 heteroatoms. The lowest BCUT2D eigenvalue weighted by Crippen LogP contribution is -2.08. The van der Waals surface area contributed by atoms with Gasteiger partial charge in [-0.15, -0.1) is 0 Å². The van der Waals surface area contributed by atoms with E-state index in [9.17, 15) is 5.11 Å². The molecule has 0 aliphatic rings. The molecule has 0 fully saturated rings. The summed E-state index contributed by atoms with van der Waals surface area (Å²) < 4.78 is 10.8. The predicted molar refractivity (Wildman–Crippen MR) is 63.8 cm³/mol. The van der Waals surface area contributed by atoms with Gasteiger partial charge in [-0.1, -0.05) is 12.1 Å². The van der Waals surface area contributed by atoms with E-state index < -0.39 is 6.10 Å². The molecular weight excluding hydrogens is 204 g/mol. The lowest BCUT2D eigenvalue weighted by molar-refractivity contribution is 0.108. The van der Waals surface area contributed by atoms with Crippen molar-refractivity contribution in [3.8, 4) is 5.75 Å². The maximum atomic E-state index is 9.59. The van der Waals surface area contributed by atoms with Gasteiger partial charge in [0, 0.05) is 12.2 Å². The molecule has 0 bridgehead atoms. The number of benzene rings is 1. The van der Waals surface area contributed by atoms with E-state index in [2.05, 4.69) is 0 Å². The van der Waals surface area contributed by atoms with Gasteiger partial charge in [-0.05, 0) is 32.4 Å². The van der Waals surface area contributed by atoms with Crippen LogP contribution in [-0.4, -0.2) is 24.9 Å². The van der Waals surface area contributed by atoms with Crippen LogP contribution in [0.15, 0.2) is 18.2 Å². The van der Waals surface area contributed by atoms with Gasteiger partial charge in [0.15, 0.2) is 0 Å². The van der Waals surface area contributed by atoms with Crippen LogP contribution in [0.1, 0.15) is 31.1 Å². The van der Waals surface area contributed by atoms with Crippen molar-refractivity contribution in [2.45, 2.75) is 26.9 Å². The number of ether oxygens (including phenoxy) is 2. The molecule has 0 aliphatic heterocycles. The fourth-order valence-corrected chi connectivity index (χ4v) is 1.47. The number of hydrogen-bond acceptors (Lipinski definition) is 3. The average Bonchev–Trinajstić information content (AvgIpc) is 2.24. The first-order valence-electron chi connectivity index (χ1n) is 5.64. The third kappa shape index (κ3) is 3.83. The second-order valence-electron chi connectivity index (χ2n) is 3.76. The van der Waals surface area contributed by atoms with E-state index in [-0.39, 0.29) is 0 Å². The van der Waals surface area contributed by atoms with Crippen molar-refractivity contribution in [2.75, 3.05) is 19.8 Å². The standard InChI is InChI=1S/C13H20O3/c1-4-15-7-8-16-13-9-10(2)5-6-12(13)11(3)14/h5-6,9,11,14H,4,7-8H2,1-3H3. The van der Waals surface area contributed by atoms with Crippen LogP contribution in [0.4, 0.5) is 0 Å². The highest BCUT2D eigenvalue weighted by Crippen LogP contribution is 2.26. The monoisotopic (exact) mass is 224 g/mol. The Morgan fingerprint density at radius 2 is 2.06 bits per heavy atom. The van der Waals surface area contributed by atoms with Crippen molar-refractivity contribution in [3.63, 3.8) is 0 Å². The van der Waals surface area contributed by atoms with Gasteiger partial charge in [0.2, 0.25) is 0 Å². The number of aliphatic hydroxyl groups is 1. The highest BCUT2D eigenvalue weighted by molar-refractivity contribution is 5.38. The summed E-state index contributed by atoms with van der Waals surface area (Å²) in [4.78, 5) is 0. The van der Waals surface area contributed by atoms with Gasteiger partial charge < -0.3 is 14.6 Å². The topological polar surface area (TPSA) is 38.7 Å². The Bertz CT molecular complexity index is 321. The minimum atomic E-state index is -0.511. The van der Waals surface area contributed by atoms with Gasteiger partial charge in [0.05, 0.1) is 12.7 Å². The number of aryl methyl sites for hydroxylation is 1. The first kappa shape index (κ1) is 13.0. The summed E-state index contributed by atoms with van der Waals surface area (Å²) in [7, 11) is 0. The largest absolute Gasteiger partial charge is 0.491 e. The van der Waals surface area contributed by atoms with E-state index >= 15 is 0 Å². The predicted octanol–water partition coefficient (Wildman–Crippen LogP) is 2.46. The molecule has 0 heterocycles. The van der Waals surface area contributed by atoms with Crippen LogP contribution in [0.2, 0.25) is 0 Å². The van der Waals surface area contributed by atoms with Crippen molar-refractivity contribution in [2.24, 2.45) is 0 Å². The molecule has 0 saturated carbocycles. The Labute approximate surface area is 97.0 Å². The van der Waals surface area contributed by atoms with Crippen LogP contribution >= 0.6 is 0 Å². The molecule has 0 spiro atoms. The summed E-state index contributed by atoms with van der Waals surface area (Å²) in [6.45, 7) is 7.47. The molecule has 0 aliphatic carbocycles. The fraction of sp³-hybridized carbons (Fsp3) is 0.538. The summed E-state index contributed by atoms with van der Waals surface area (Å²) in [5, 5.41) is 9.59. The van der Waals surface area contributed by atoms with Gasteiger partial charge >= 0.3 is 0 Å². The van der Waals surface area contributed by atoms with E-state index in [1.165, 1.54) is 0 Å². The van der Waals surface area contributed by atoms with Crippen molar-refractivity contribution < 1.29 is 14.6 Å². The zero-order valence-electron chi connectivity index (χ0n) is 10.2. The zero-order valence-corrected chi connectivity index (χ0v) is 10.2. The van der Waals surface area contributed by atoms with Gasteiger partial charge in [0.1, 0.15) is 12.4 Å². The maximum absolute atomic E-state index is 9.59. The van der Waals surface area contributed by atoms with Crippen LogP contribution in [0.3, 0.4) is 0 Å². The van der Waals surface area contributed by atoms with Crippen molar-refractivity contribution >= 4 is 0 Å². The van der Waals surface area contributed by atoms with Crippen molar-refractivity contribution in [1.82, 2.24) is 0 Å². The minimum absolute atomic E-state index is 0.511. The summed E-state index contributed by atoms with van der Waals surface area (Å²) >= 11 is 0. The molecule has 1 aromatic carbocycles. The second kappa shape index (κ2) is 6.51. The molecule has 0 radical (unpaired) electrons. The number of hydrogen-bond donors (Lipinski definition) is 1. The first-order valence-corrected chi connectivity index (χ1v) is 5.64. The molecule has 1 atom stereocenters. The molecule has 0 aromatic heterocycles. The minimum Gasteiger partial charge on any atom is -0.491 e. The van der Waals surface area contributed by atoms with Crippen LogP contribution in [-0.2, 0) is 4.74 Å². The Morgan fingerprint density at radius 1 is 1.31 bits per heavy atom. The van der Waals surface area contributed by atoms with Crippen LogP contribution in [0, 0.1) is 6.92 Å². The quantitative estimate of drug-likeness (QED) is 0.754. The Hall–Kier alpha value is -1.06. The molecule has 1 aromatic rings. The third-order valence-electron chi connectivity index (χ3n) is 2.31. The zero-order chi connectivity index (χ0) is 12.0. The number of aliphatic hydroxyl groups excluding tert-OH is 1. The van der Waals surface area contributed by atoms with Crippen LogP contribution < -0.4 is 4.74 Å². The van der Waals surface area contributed by atoms with Gasteiger partial charge in [-0.25, -0.2) is 0 Å². The third-order valence-corrected chi connectivity index (χ3v) is 2.31. The number of rotatable bonds is 6. The van der Waals surface area contributed by atoms with E-state index in [1.54, 1.807) is 6.92 Å². The SMILES string of the molecule is CCOCCOc1cc(C)ccc1C(C)O. The fourth-order valence-electron chi connectivity index (χ4n) is 1.47. The molecule has 3 nitrogen and oxygen atoms in total. The lowest BCUT2D eigenvalue weighted by atomic mass is 10.1. The molecule has 1 rings (SSSR count). The summed E-state index contributed by atoms with van der Waals surface area (Å²) in [5.74, 6) is 0.745. The summed E-state index contributed by atoms with van der Waals surface area (Å²) in [6, 6.07) is 5.81. The average molecular weight is 224 g/mol. The second-order valence-corrected chi connectivity index (χ2v) is 3.76. The molecule has 0 saturated heterocycles. The molecule has 90 valence electrons. The Balaban J connectivity index is 2.65. The van der Waals surface area contributed by atoms with Gasteiger partial charge in [-0.3, -0.25) is 0 Å². The van der Waals surface area contributed by atoms with Crippen LogP contribution in [0.5, 0.6) is 5.75 Å². The molecular formula is C13H20O3. The summed E-state index contributed by atoms with van der Waals surface area (Å²) in [6.07, 6.45) is -0.511. The summed E-state index contributed by atoms with van der Waals surface area (Å²) in [5.41, 5.74) is 1.94. The van der Waals surface area contributed by atoms with Gasteiger partial charge in [-0.2, -0.15) is 0 Å². The van der Waals surface area contributed by atoms with E-state index in [4.69, 9.17) is 9.47 Å². The maximum Gasteiger partial charge on any atom is 0.125 e. The lowest BCUT2D eigenvalue weighted by Gasteiger charge is -2.14. The Kier molecular flexibility index (Phi) is 5.29.